The number of ether oxygens (including phenoxy) is 2. The van der Waals surface area contributed by atoms with E-state index in [0.717, 1.165) is 11.3 Å². The van der Waals surface area contributed by atoms with Gasteiger partial charge in [-0.15, -0.1) is 0 Å². The van der Waals surface area contributed by atoms with Crippen molar-refractivity contribution < 1.29 is 14.3 Å². The molecule has 1 amide bonds. The van der Waals surface area contributed by atoms with Crippen molar-refractivity contribution in [2.45, 2.75) is 13.0 Å². The van der Waals surface area contributed by atoms with Crippen molar-refractivity contribution in [3.8, 4) is 11.5 Å². The van der Waals surface area contributed by atoms with E-state index < -0.39 is 0 Å². The van der Waals surface area contributed by atoms with Crippen molar-refractivity contribution in [1.29, 1.82) is 0 Å². The fourth-order valence-electron chi connectivity index (χ4n) is 2.57. The molecule has 0 aliphatic carbocycles. The van der Waals surface area contributed by atoms with Crippen LogP contribution < -0.4 is 9.47 Å². The van der Waals surface area contributed by atoms with Gasteiger partial charge in [0.15, 0.2) is 0 Å². The van der Waals surface area contributed by atoms with Crippen molar-refractivity contribution in [1.82, 2.24) is 4.90 Å². The second kappa shape index (κ2) is 6.50. The summed E-state index contributed by atoms with van der Waals surface area (Å²) in [5.74, 6) is 1.43. The quantitative estimate of drug-likeness (QED) is 0.860. The maximum atomic E-state index is 12.5. The zero-order valence-electron chi connectivity index (χ0n) is 13.1. The third kappa shape index (κ3) is 3.27. The zero-order chi connectivity index (χ0) is 16.4. The first-order chi connectivity index (χ1) is 11.1. The van der Waals surface area contributed by atoms with E-state index in [9.17, 15) is 4.79 Å². The summed E-state index contributed by atoms with van der Waals surface area (Å²) in [6.45, 7) is 3.04. The lowest BCUT2D eigenvalue weighted by molar-refractivity contribution is 0.0178. The van der Waals surface area contributed by atoms with Gasteiger partial charge < -0.3 is 14.4 Å². The monoisotopic (exact) mass is 331 g/mol. The molecule has 0 bridgehead atoms. The number of amides is 1. The van der Waals surface area contributed by atoms with Crippen molar-refractivity contribution in [3.63, 3.8) is 0 Å². The summed E-state index contributed by atoms with van der Waals surface area (Å²) < 4.78 is 11.0. The number of carbonyl (C=O) groups is 1. The van der Waals surface area contributed by atoms with Crippen LogP contribution in [0.25, 0.3) is 0 Å². The van der Waals surface area contributed by atoms with Gasteiger partial charge in [0.25, 0.3) is 5.91 Å². The number of para-hydroxylation sites is 1. The molecule has 23 heavy (non-hydrogen) atoms. The van der Waals surface area contributed by atoms with Gasteiger partial charge in [-0.1, -0.05) is 23.7 Å². The van der Waals surface area contributed by atoms with Crippen molar-refractivity contribution in [3.05, 3.63) is 58.6 Å². The largest absolute Gasteiger partial charge is 0.497 e. The SMILES string of the molecule is COc1ccc(C(=O)N2CC(Oc3ccccc3Cl)C2)c(C)c1. The van der Waals surface area contributed by atoms with Gasteiger partial charge in [0.05, 0.1) is 25.2 Å². The lowest BCUT2D eigenvalue weighted by atomic mass is 10.0. The van der Waals surface area contributed by atoms with Crippen LogP contribution in [0.3, 0.4) is 0 Å². The number of rotatable bonds is 4. The minimum atomic E-state index is -0.0163. The molecule has 0 atom stereocenters. The number of aryl methyl sites for hydroxylation is 1. The van der Waals surface area contributed by atoms with E-state index in [-0.39, 0.29) is 12.0 Å². The summed E-state index contributed by atoms with van der Waals surface area (Å²) in [6.07, 6.45) is -0.0163. The average Bonchev–Trinajstić information content (AvgIpc) is 2.51. The van der Waals surface area contributed by atoms with Gasteiger partial charge in [-0.3, -0.25) is 4.79 Å². The molecule has 0 aromatic heterocycles. The van der Waals surface area contributed by atoms with Gasteiger partial charge in [-0.25, -0.2) is 0 Å². The summed E-state index contributed by atoms with van der Waals surface area (Å²) in [7, 11) is 1.61. The third-order valence-electron chi connectivity index (χ3n) is 3.93. The Bertz CT molecular complexity index is 726. The van der Waals surface area contributed by atoms with Gasteiger partial charge >= 0.3 is 0 Å². The Hall–Kier alpha value is -2.20. The van der Waals surface area contributed by atoms with Crippen LogP contribution in [0.2, 0.25) is 5.02 Å². The number of methoxy groups -OCH3 is 1. The minimum absolute atomic E-state index is 0.0163. The number of halogens is 1. The van der Waals surface area contributed by atoms with E-state index in [1.54, 1.807) is 30.2 Å². The fourth-order valence-corrected chi connectivity index (χ4v) is 2.75. The van der Waals surface area contributed by atoms with Crippen molar-refractivity contribution in [2.24, 2.45) is 0 Å². The maximum Gasteiger partial charge on any atom is 0.254 e. The molecular formula is C18H18ClNO3. The normalized spacial score (nSPS) is 14.3. The topological polar surface area (TPSA) is 38.8 Å². The lowest BCUT2D eigenvalue weighted by Gasteiger charge is -2.39. The second-order valence-corrected chi connectivity index (χ2v) is 5.97. The molecule has 0 unspecified atom stereocenters. The molecule has 4 nitrogen and oxygen atoms in total. The number of likely N-dealkylation sites (tertiary alicyclic amines) is 1. The second-order valence-electron chi connectivity index (χ2n) is 5.56. The highest BCUT2D eigenvalue weighted by Gasteiger charge is 2.33. The van der Waals surface area contributed by atoms with Crippen LogP contribution in [0.5, 0.6) is 11.5 Å². The van der Waals surface area contributed by atoms with Crippen LogP contribution in [-0.2, 0) is 0 Å². The molecule has 1 heterocycles. The summed E-state index contributed by atoms with van der Waals surface area (Å²) in [6, 6.07) is 12.8. The Morgan fingerprint density at radius 2 is 1.96 bits per heavy atom. The number of hydrogen-bond donors (Lipinski definition) is 0. The van der Waals surface area contributed by atoms with E-state index in [1.165, 1.54) is 0 Å². The highest BCUT2D eigenvalue weighted by atomic mass is 35.5. The maximum absolute atomic E-state index is 12.5. The first kappa shape index (κ1) is 15.7. The molecule has 1 fully saturated rings. The highest BCUT2D eigenvalue weighted by molar-refractivity contribution is 6.32. The van der Waals surface area contributed by atoms with E-state index in [0.29, 0.717) is 29.4 Å². The van der Waals surface area contributed by atoms with Crippen molar-refractivity contribution in [2.75, 3.05) is 20.2 Å². The molecule has 120 valence electrons. The molecule has 1 aliphatic rings. The Morgan fingerprint density at radius 1 is 1.22 bits per heavy atom. The molecule has 0 N–H and O–H groups in total. The summed E-state index contributed by atoms with van der Waals surface area (Å²) in [5, 5.41) is 0.586. The van der Waals surface area contributed by atoms with Gasteiger partial charge in [0, 0.05) is 5.56 Å². The van der Waals surface area contributed by atoms with Crippen LogP contribution in [0, 0.1) is 6.92 Å². The molecule has 5 heteroatoms. The molecule has 3 rings (SSSR count). The standard InChI is InChI=1S/C18H18ClNO3/c1-12-9-13(22-2)7-8-15(12)18(21)20-10-14(11-20)23-17-6-4-3-5-16(17)19/h3-9,14H,10-11H2,1-2H3. The van der Waals surface area contributed by atoms with Gasteiger partial charge in [-0.2, -0.15) is 0 Å². The molecule has 0 radical (unpaired) electrons. The number of hydrogen-bond acceptors (Lipinski definition) is 3. The predicted octanol–water partition coefficient (Wildman–Crippen LogP) is 3.56. The molecular weight excluding hydrogens is 314 g/mol. The first-order valence-corrected chi connectivity index (χ1v) is 7.81. The summed E-state index contributed by atoms with van der Waals surface area (Å²) >= 11 is 6.08. The van der Waals surface area contributed by atoms with Gasteiger partial charge in [0.2, 0.25) is 0 Å². The number of carbonyl (C=O) groups excluding carboxylic acids is 1. The van der Waals surface area contributed by atoms with Crippen molar-refractivity contribution >= 4 is 17.5 Å². The molecule has 1 aliphatic heterocycles. The van der Waals surface area contributed by atoms with Crippen LogP contribution >= 0.6 is 11.6 Å². The molecule has 0 saturated carbocycles. The minimum Gasteiger partial charge on any atom is -0.497 e. The zero-order valence-corrected chi connectivity index (χ0v) is 13.8. The summed E-state index contributed by atoms with van der Waals surface area (Å²) in [4.78, 5) is 14.3. The summed E-state index contributed by atoms with van der Waals surface area (Å²) in [5.41, 5.74) is 1.60. The fraction of sp³-hybridized carbons (Fsp3) is 0.278. The predicted molar refractivity (Wildman–Crippen MR) is 89.5 cm³/mol. The van der Waals surface area contributed by atoms with Crippen LogP contribution in [-0.4, -0.2) is 37.1 Å². The van der Waals surface area contributed by atoms with Crippen LogP contribution in [0.4, 0.5) is 0 Å². The Balaban J connectivity index is 1.61. The number of benzene rings is 2. The van der Waals surface area contributed by atoms with Gasteiger partial charge in [0.1, 0.15) is 17.6 Å². The molecule has 1 saturated heterocycles. The smallest absolute Gasteiger partial charge is 0.254 e. The highest BCUT2D eigenvalue weighted by Crippen LogP contribution is 2.27. The van der Waals surface area contributed by atoms with E-state index in [1.807, 2.05) is 31.2 Å². The number of nitrogens with zero attached hydrogens (tertiary/aromatic N) is 1. The molecule has 2 aromatic rings. The average molecular weight is 332 g/mol. The van der Waals surface area contributed by atoms with Gasteiger partial charge in [-0.05, 0) is 42.8 Å². The Labute approximate surface area is 140 Å². The first-order valence-electron chi connectivity index (χ1n) is 7.43. The van der Waals surface area contributed by atoms with E-state index in [4.69, 9.17) is 21.1 Å². The Kier molecular flexibility index (Phi) is 4.44. The molecule has 0 spiro atoms. The van der Waals surface area contributed by atoms with E-state index in [2.05, 4.69) is 0 Å². The Morgan fingerprint density at radius 3 is 2.61 bits per heavy atom. The lowest BCUT2D eigenvalue weighted by Crippen LogP contribution is -2.56. The molecule has 2 aromatic carbocycles. The third-order valence-corrected chi connectivity index (χ3v) is 4.24. The van der Waals surface area contributed by atoms with Crippen LogP contribution in [0.1, 0.15) is 15.9 Å². The van der Waals surface area contributed by atoms with E-state index >= 15 is 0 Å². The van der Waals surface area contributed by atoms with Crippen LogP contribution in [0.15, 0.2) is 42.5 Å².